The van der Waals surface area contributed by atoms with Crippen molar-refractivity contribution in [2.45, 2.75) is 69.0 Å². The van der Waals surface area contributed by atoms with E-state index in [9.17, 15) is 22.4 Å². The molecule has 1 N–H and O–H groups in total. The summed E-state index contributed by atoms with van der Waals surface area (Å²) in [7, 11) is -4.25. The third kappa shape index (κ3) is 7.62. The molecule has 1 aliphatic rings. The van der Waals surface area contributed by atoms with Gasteiger partial charge in [-0.05, 0) is 67.8 Å². The second kappa shape index (κ2) is 14.4. The maximum Gasteiger partial charge on any atom is 0.264 e. The molecule has 7 nitrogen and oxygen atoms in total. The second-order valence-electron chi connectivity index (χ2n) is 10.3. The highest BCUT2D eigenvalue weighted by atomic mass is 35.5. The number of halogens is 3. The Balaban J connectivity index is 1.72. The van der Waals surface area contributed by atoms with E-state index >= 15 is 0 Å². The summed E-state index contributed by atoms with van der Waals surface area (Å²) >= 11 is 12.9. The number of sulfonamides is 1. The summed E-state index contributed by atoms with van der Waals surface area (Å²) in [6.45, 7) is 1.03. The van der Waals surface area contributed by atoms with E-state index in [0.717, 1.165) is 48.5 Å². The van der Waals surface area contributed by atoms with Crippen LogP contribution in [-0.4, -0.2) is 43.8 Å². The van der Waals surface area contributed by atoms with Gasteiger partial charge in [-0.2, -0.15) is 0 Å². The first-order valence-electron chi connectivity index (χ1n) is 14.0. The maximum absolute atomic E-state index is 14.2. The Morgan fingerprint density at radius 2 is 1.55 bits per heavy atom. The van der Waals surface area contributed by atoms with E-state index in [1.165, 1.54) is 29.2 Å². The molecule has 3 aromatic carbocycles. The lowest BCUT2D eigenvalue weighted by Gasteiger charge is -2.34. The van der Waals surface area contributed by atoms with Gasteiger partial charge in [-0.25, -0.2) is 12.8 Å². The highest BCUT2D eigenvalue weighted by molar-refractivity contribution is 7.92. The molecule has 3 aromatic rings. The Bertz CT molecular complexity index is 1460. The molecule has 0 bridgehead atoms. The lowest BCUT2D eigenvalue weighted by atomic mass is 9.95. The fraction of sp³-hybridized carbons (Fsp3) is 0.355. The number of carbonyl (C=O) groups excluding carboxylic acids is 2. The van der Waals surface area contributed by atoms with Crippen molar-refractivity contribution in [3.05, 3.63) is 94.2 Å². The largest absolute Gasteiger partial charge is 0.352 e. The molecule has 224 valence electrons. The Hall–Kier alpha value is -3.14. The van der Waals surface area contributed by atoms with Gasteiger partial charge in [-0.1, -0.05) is 73.7 Å². The van der Waals surface area contributed by atoms with Crippen molar-refractivity contribution in [1.82, 2.24) is 10.2 Å². The lowest BCUT2D eigenvalue weighted by molar-refractivity contribution is -0.140. The van der Waals surface area contributed by atoms with E-state index in [2.05, 4.69) is 5.32 Å². The van der Waals surface area contributed by atoms with Crippen LogP contribution in [0.1, 0.15) is 51.0 Å². The van der Waals surface area contributed by atoms with Crippen LogP contribution in [0, 0.1) is 5.82 Å². The SMILES string of the molecule is CC[C@@H](C(=O)NC1CCCCC1)N(Cc1c(Cl)cccc1Cl)C(=O)CN(c1ccc(F)cc1)S(=O)(=O)c1ccccc1. The molecule has 1 atom stereocenters. The number of amides is 2. The summed E-state index contributed by atoms with van der Waals surface area (Å²) in [5.74, 6) is -1.51. The summed E-state index contributed by atoms with van der Waals surface area (Å²) in [5, 5.41) is 3.73. The van der Waals surface area contributed by atoms with Crippen LogP contribution >= 0.6 is 23.2 Å². The predicted octanol–water partition coefficient (Wildman–Crippen LogP) is 6.58. The average Bonchev–Trinajstić information content (AvgIpc) is 2.98. The molecule has 0 spiro atoms. The zero-order valence-electron chi connectivity index (χ0n) is 23.3. The zero-order valence-corrected chi connectivity index (χ0v) is 25.6. The smallest absolute Gasteiger partial charge is 0.264 e. The zero-order chi connectivity index (χ0) is 30.3. The molecule has 11 heteroatoms. The van der Waals surface area contributed by atoms with Crippen molar-refractivity contribution in [2.75, 3.05) is 10.8 Å². The number of hydrogen-bond donors (Lipinski definition) is 1. The number of nitrogens with zero attached hydrogens (tertiary/aromatic N) is 2. The Morgan fingerprint density at radius 1 is 0.929 bits per heavy atom. The van der Waals surface area contributed by atoms with Crippen molar-refractivity contribution in [1.29, 1.82) is 0 Å². The van der Waals surface area contributed by atoms with Crippen molar-refractivity contribution in [2.24, 2.45) is 0 Å². The monoisotopic (exact) mass is 633 g/mol. The number of nitrogens with one attached hydrogen (secondary N) is 1. The van der Waals surface area contributed by atoms with Gasteiger partial charge in [0.25, 0.3) is 10.0 Å². The van der Waals surface area contributed by atoms with E-state index in [0.29, 0.717) is 15.6 Å². The van der Waals surface area contributed by atoms with Crippen molar-refractivity contribution < 1.29 is 22.4 Å². The Morgan fingerprint density at radius 3 is 2.14 bits per heavy atom. The van der Waals surface area contributed by atoms with Crippen LogP contribution in [0.15, 0.2) is 77.7 Å². The summed E-state index contributed by atoms with van der Waals surface area (Å²) < 4.78 is 42.4. The van der Waals surface area contributed by atoms with Crippen LogP contribution in [0.2, 0.25) is 10.0 Å². The molecule has 1 fully saturated rings. The van der Waals surface area contributed by atoms with Gasteiger partial charge in [0.1, 0.15) is 18.4 Å². The molecule has 0 unspecified atom stereocenters. The molecule has 1 saturated carbocycles. The standard InChI is InChI=1S/C31H34Cl2FN3O4S/c1-2-29(31(39)35-23-10-5-3-6-11-23)36(20-26-27(32)14-9-15-28(26)33)30(38)21-37(24-18-16-22(34)17-19-24)42(40,41)25-12-7-4-8-13-25/h4,7-9,12-19,23,29H,2-3,5-6,10-11,20-21H2,1H3,(H,35,39)/t29-/m0/s1. The molecule has 0 aliphatic heterocycles. The molecule has 0 aromatic heterocycles. The lowest BCUT2D eigenvalue weighted by Crippen LogP contribution is -2.54. The summed E-state index contributed by atoms with van der Waals surface area (Å²) in [6.07, 6.45) is 5.15. The van der Waals surface area contributed by atoms with Gasteiger partial charge in [0.05, 0.1) is 10.6 Å². The van der Waals surface area contributed by atoms with Crippen molar-refractivity contribution in [3.8, 4) is 0 Å². The maximum atomic E-state index is 14.2. The molecule has 2 amide bonds. The number of hydrogen-bond acceptors (Lipinski definition) is 4. The van der Waals surface area contributed by atoms with Crippen LogP contribution in [0.4, 0.5) is 10.1 Å². The van der Waals surface area contributed by atoms with E-state index < -0.39 is 34.3 Å². The molecular weight excluding hydrogens is 600 g/mol. The van der Waals surface area contributed by atoms with E-state index in [1.807, 2.05) is 0 Å². The molecule has 0 radical (unpaired) electrons. The molecule has 0 saturated heterocycles. The van der Waals surface area contributed by atoms with E-state index in [-0.39, 0.29) is 35.5 Å². The number of carbonyl (C=O) groups is 2. The summed E-state index contributed by atoms with van der Waals surface area (Å²) in [5.41, 5.74) is 0.543. The highest BCUT2D eigenvalue weighted by Crippen LogP contribution is 2.29. The number of anilines is 1. The third-order valence-corrected chi connectivity index (χ3v) is 9.95. The first kappa shape index (κ1) is 31.8. The molecular formula is C31H34Cl2FN3O4S. The topological polar surface area (TPSA) is 86.8 Å². The second-order valence-corrected chi connectivity index (χ2v) is 13.0. The number of rotatable bonds is 11. The predicted molar refractivity (Wildman–Crippen MR) is 163 cm³/mol. The van der Waals surface area contributed by atoms with Gasteiger partial charge in [-0.3, -0.25) is 13.9 Å². The quantitative estimate of drug-likeness (QED) is 0.258. The normalized spacial score (nSPS) is 14.7. The summed E-state index contributed by atoms with van der Waals surface area (Å²) in [4.78, 5) is 29.1. The molecule has 0 heterocycles. The van der Waals surface area contributed by atoms with Gasteiger partial charge in [0.15, 0.2) is 0 Å². The van der Waals surface area contributed by atoms with Gasteiger partial charge >= 0.3 is 0 Å². The summed E-state index contributed by atoms with van der Waals surface area (Å²) in [6, 6.07) is 16.6. The molecule has 42 heavy (non-hydrogen) atoms. The fourth-order valence-corrected chi connectivity index (χ4v) is 7.13. The van der Waals surface area contributed by atoms with Crippen LogP contribution in [0.5, 0.6) is 0 Å². The third-order valence-electron chi connectivity index (χ3n) is 7.45. The first-order valence-corrected chi connectivity index (χ1v) is 16.2. The minimum Gasteiger partial charge on any atom is -0.352 e. The van der Waals surface area contributed by atoms with Gasteiger partial charge in [-0.15, -0.1) is 0 Å². The average molecular weight is 635 g/mol. The number of benzene rings is 3. The Kier molecular flexibility index (Phi) is 10.9. The van der Waals surface area contributed by atoms with Crippen molar-refractivity contribution >= 4 is 50.7 Å². The minimum absolute atomic E-state index is 0.00956. The molecule has 4 rings (SSSR count). The van der Waals surface area contributed by atoms with Gasteiger partial charge in [0.2, 0.25) is 11.8 Å². The van der Waals surface area contributed by atoms with Crippen LogP contribution in [0.3, 0.4) is 0 Å². The van der Waals surface area contributed by atoms with E-state index in [4.69, 9.17) is 23.2 Å². The van der Waals surface area contributed by atoms with Gasteiger partial charge in [0, 0.05) is 28.2 Å². The minimum atomic E-state index is -4.25. The van der Waals surface area contributed by atoms with E-state index in [1.54, 1.807) is 43.3 Å². The van der Waals surface area contributed by atoms with Crippen LogP contribution in [0.25, 0.3) is 0 Å². The van der Waals surface area contributed by atoms with Crippen LogP contribution in [-0.2, 0) is 26.2 Å². The van der Waals surface area contributed by atoms with Crippen LogP contribution < -0.4 is 9.62 Å². The van der Waals surface area contributed by atoms with Crippen molar-refractivity contribution in [3.63, 3.8) is 0 Å². The Labute approximate surface area is 256 Å². The fourth-order valence-electron chi connectivity index (χ4n) is 5.17. The first-order chi connectivity index (χ1) is 20.1. The molecule has 1 aliphatic carbocycles. The van der Waals surface area contributed by atoms with Gasteiger partial charge < -0.3 is 10.2 Å². The highest BCUT2D eigenvalue weighted by Gasteiger charge is 2.35.